The van der Waals surface area contributed by atoms with Crippen molar-refractivity contribution in [3.8, 4) is 6.07 Å². The normalized spacial score (nSPS) is 17.6. The Morgan fingerprint density at radius 3 is 2.93 bits per heavy atom. The Labute approximate surface area is 84.1 Å². The first-order chi connectivity index (χ1) is 6.54. The maximum atomic E-state index is 13.1. The molecule has 0 spiro atoms. The maximum absolute atomic E-state index is 13.1. The molecule has 0 fully saturated rings. The van der Waals surface area contributed by atoms with Crippen molar-refractivity contribution in [3.05, 3.63) is 28.0 Å². The van der Waals surface area contributed by atoms with Gasteiger partial charge in [0, 0.05) is 6.42 Å². The van der Waals surface area contributed by atoms with Gasteiger partial charge in [-0.1, -0.05) is 11.6 Å². The smallest absolute Gasteiger partial charge is 0.233 e. The second-order valence-corrected chi connectivity index (χ2v) is 3.51. The highest BCUT2D eigenvalue weighted by atomic mass is 35.5. The van der Waals surface area contributed by atoms with Crippen LogP contribution in [0.5, 0.6) is 0 Å². The van der Waals surface area contributed by atoms with E-state index in [0.29, 0.717) is 5.56 Å². The summed E-state index contributed by atoms with van der Waals surface area (Å²) >= 11 is 5.57. The molecule has 0 saturated heterocycles. The van der Waals surface area contributed by atoms with Crippen LogP contribution in [0, 0.1) is 11.3 Å². The fourth-order valence-electron chi connectivity index (χ4n) is 1.53. The fourth-order valence-corrected chi connectivity index (χ4v) is 1.71. The van der Waals surface area contributed by atoms with E-state index in [2.05, 4.69) is 4.98 Å². The number of alkyl halides is 2. The first-order valence-corrected chi connectivity index (χ1v) is 4.40. The summed E-state index contributed by atoms with van der Waals surface area (Å²) in [6.45, 7) is 0. The minimum atomic E-state index is -2.90. The molecule has 2 rings (SSSR count). The van der Waals surface area contributed by atoms with E-state index in [0.717, 1.165) is 0 Å². The van der Waals surface area contributed by atoms with Gasteiger partial charge in [-0.3, -0.25) is 0 Å². The summed E-state index contributed by atoms with van der Waals surface area (Å²) in [5.41, 5.74) is 0.306. The van der Waals surface area contributed by atoms with Crippen LogP contribution in [0.25, 0.3) is 0 Å². The van der Waals surface area contributed by atoms with Gasteiger partial charge in [-0.15, -0.1) is 0 Å². The summed E-state index contributed by atoms with van der Waals surface area (Å²) < 4.78 is 26.3. The van der Waals surface area contributed by atoms with Crippen molar-refractivity contribution >= 4 is 11.6 Å². The molecule has 0 saturated carbocycles. The summed E-state index contributed by atoms with van der Waals surface area (Å²) in [5, 5.41) is 8.47. The number of aryl methyl sites for hydroxylation is 1. The molecule has 0 radical (unpaired) electrons. The van der Waals surface area contributed by atoms with Gasteiger partial charge in [-0.05, 0) is 18.1 Å². The van der Waals surface area contributed by atoms with E-state index < -0.39 is 5.92 Å². The van der Waals surface area contributed by atoms with Crippen LogP contribution >= 0.6 is 11.6 Å². The third kappa shape index (κ3) is 1.25. The molecule has 2 nitrogen and oxygen atoms in total. The molecule has 0 amide bonds. The van der Waals surface area contributed by atoms with Crippen LogP contribution in [-0.4, -0.2) is 4.98 Å². The number of hydrogen-bond acceptors (Lipinski definition) is 2. The molecule has 0 bridgehead atoms. The molecule has 0 aliphatic heterocycles. The lowest BCUT2D eigenvalue weighted by molar-refractivity contribution is -0.00591. The molecule has 0 aromatic carbocycles. The second-order valence-electron chi connectivity index (χ2n) is 3.15. The highest BCUT2D eigenvalue weighted by molar-refractivity contribution is 6.30. The molecule has 1 aromatic rings. The zero-order valence-electron chi connectivity index (χ0n) is 7.02. The largest absolute Gasteiger partial charge is 0.290 e. The molecule has 5 heteroatoms. The topological polar surface area (TPSA) is 36.7 Å². The number of aromatic nitrogens is 1. The molecule has 14 heavy (non-hydrogen) atoms. The molecule has 0 atom stereocenters. The average molecular weight is 215 g/mol. The number of pyridine rings is 1. The summed E-state index contributed by atoms with van der Waals surface area (Å²) in [6.07, 6.45) is 0.00171. The van der Waals surface area contributed by atoms with Gasteiger partial charge in [-0.25, -0.2) is 4.98 Å². The van der Waals surface area contributed by atoms with Crippen LogP contribution in [-0.2, 0) is 12.3 Å². The van der Waals surface area contributed by atoms with Crippen LogP contribution in [0.4, 0.5) is 8.78 Å². The fraction of sp³-hybridized carbons (Fsp3) is 0.333. The van der Waals surface area contributed by atoms with E-state index >= 15 is 0 Å². The van der Waals surface area contributed by atoms with Crippen molar-refractivity contribution in [2.24, 2.45) is 0 Å². The second kappa shape index (κ2) is 2.89. The zero-order valence-corrected chi connectivity index (χ0v) is 7.78. The predicted molar refractivity (Wildman–Crippen MR) is 46.2 cm³/mol. The molecule has 72 valence electrons. The van der Waals surface area contributed by atoms with Crippen molar-refractivity contribution in [2.75, 3.05) is 0 Å². The Bertz CT molecular complexity index is 437. The third-order valence-corrected chi connectivity index (χ3v) is 2.52. The van der Waals surface area contributed by atoms with Crippen LogP contribution in [0.2, 0.25) is 5.15 Å². The first kappa shape index (κ1) is 9.35. The highest BCUT2D eigenvalue weighted by Crippen LogP contribution is 2.41. The highest BCUT2D eigenvalue weighted by Gasteiger charge is 2.41. The van der Waals surface area contributed by atoms with E-state index in [1.807, 2.05) is 6.07 Å². The predicted octanol–water partition coefficient (Wildman–Crippen LogP) is 2.64. The van der Waals surface area contributed by atoms with E-state index in [-0.39, 0.29) is 29.3 Å². The van der Waals surface area contributed by atoms with Crippen molar-refractivity contribution in [3.63, 3.8) is 0 Å². The minimum absolute atomic E-state index is 0.146. The first-order valence-electron chi connectivity index (χ1n) is 4.02. The van der Waals surface area contributed by atoms with Gasteiger partial charge >= 0.3 is 0 Å². The number of rotatable bonds is 0. The maximum Gasteiger partial charge on any atom is 0.290 e. The standard InChI is InChI=1S/C9H5ClF2N2/c10-8-6(4-13)3-5-1-2-9(11,12)7(5)14-8/h3H,1-2H2. The minimum Gasteiger partial charge on any atom is -0.233 e. The molecule has 0 unspecified atom stereocenters. The summed E-state index contributed by atoms with van der Waals surface area (Å²) in [4.78, 5) is 3.57. The van der Waals surface area contributed by atoms with Gasteiger partial charge in [0.15, 0.2) is 0 Å². The number of halogens is 3. The number of hydrogen-bond donors (Lipinski definition) is 0. The summed E-state index contributed by atoms with van der Waals surface area (Å²) in [6, 6.07) is 3.21. The van der Waals surface area contributed by atoms with Crippen molar-refractivity contribution in [2.45, 2.75) is 18.8 Å². The summed E-state index contributed by atoms with van der Waals surface area (Å²) in [5.74, 6) is -2.90. The molecule has 0 N–H and O–H groups in total. The van der Waals surface area contributed by atoms with Crippen molar-refractivity contribution in [1.29, 1.82) is 5.26 Å². The SMILES string of the molecule is N#Cc1cc2c(nc1Cl)C(F)(F)CC2. The Hall–Kier alpha value is -1.21. The van der Waals surface area contributed by atoms with E-state index in [9.17, 15) is 8.78 Å². The van der Waals surface area contributed by atoms with Gasteiger partial charge in [0.25, 0.3) is 5.92 Å². The molecule has 1 aromatic heterocycles. The van der Waals surface area contributed by atoms with Crippen molar-refractivity contribution in [1.82, 2.24) is 4.98 Å². The lowest BCUT2D eigenvalue weighted by atomic mass is 10.1. The zero-order chi connectivity index (χ0) is 10.3. The molecule has 1 heterocycles. The van der Waals surface area contributed by atoms with Gasteiger partial charge in [0.05, 0.1) is 5.56 Å². The Kier molecular flexibility index (Phi) is 1.93. The molecular weight excluding hydrogens is 210 g/mol. The quantitative estimate of drug-likeness (QED) is 0.623. The van der Waals surface area contributed by atoms with Gasteiger partial charge in [0.2, 0.25) is 0 Å². The molecule has 1 aliphatic rings. The lowest BCUT2D eigenvalue weighted by Crippen LogP contribution is -2.10. The lowest BCUT2D eigenvalue weighted by Gasteiger charge is -2.08. The van der Waals surface area contributed by atoms with Gasteiger partial charge in [-0.2, -0.15) is 14.0 Å². The molecular formula is C9H5ClF2N2. The number of nitriles is 1. The number of nitrogens with zero attached hydrogens (tertiary/aromatic N) is 2. The van der Waals surface area contributed by atoms with Gasteiger partial charge in [0.1, 0.15) is 16.9 Å². The average Bonchev–Trinajstić information content (AvgIpc) is 2.42. The van der Waals surface area contributed by atoms with Crippen LogP contribution in [0.3, 0.4) is 0 Å². The Balaban J connectivity index is 2.62. The molecule has 1 aliphatic carbocycles. The van der Waals surface area contributed by atoms with Crippen molar-refractivity contribution < 1.29 is 8.78 Å². The monoisotopic (exact) mass is 214 g/mol. The van der Waals surface area contributed by atoms with Gasteiger partial charge < -0.3 is 0 Å². The van der Waals surface area contributed by atoms with Crippen LogP contribution in [0.15, 0.2) is 6.07 Å². The number of fused-ring (bicyclic) bond motifs is 1. The van der Waals surface area contributed by atoms with E-state index in [4.69, 9.17) is 16.9 Å². The third-order valence-electron chi connectivity index (χ3n) is 2.23. The van der Waals surface area contributed by atoms with Crippen LogP contribution < -0.4 is 0 Å². The van der Waals surface area contributed by atoms with E-state index in [1.165, 1.54) is 6.07 Å². The summed E-state index contributed by atoms with van der Waals surface area (Å²) in [7, 11) is 0. The Morgan fingerprint density at radius 2 is 2.29 bits per heavy atom. The Morgan fingerprint density at radius 1 is 1.57 bits per heavy atom. The van der Waals surface area contributed by atoms with Crippen LogP contribution in [0.1, 0.15) is 23.2 Å². The van der Waals surface area contributed by atoms with E-state index in [1.54, 1.807) is 0 Å².